The molecule has 0 fully saturated rings. The Morgan fingerprint density at radius 3 is 2.16 bits per heavy atom. The third-order valence-corrected chi connectivity index (χ3v) is 4.80. The standard InChI is InChI=1S/C17H15ClN2O4S/c1-19-17(22)13-5-2-12(3-6-13)4-11-16(21)20-25(23,24)15-9-7-14(18)8-10-15/h2-11H,1H3,(H,19,22)(H,20,21)/b11-4+. The molecule has 0 spiro atoms. The maximum atomic E-state index is 12.1. The van der Waals surface area contributed by atoms with E-state index < -0.39 is 15.9 Å². The van der Waals surface area contributed by atoms with E-state index in [-0.39, 0.29) is 10.8 Å². The van der Waals surface area contributed by atoms with Crippen LogP contribution in [0.2, 0.25) is 5.02 Å². The minimum Gasteiger partial charge on any atom is -0.355 e. The van der Waals surface area contributed by atoms with Crippen LogP contribution in [0.25, 0.3) is 6.08 Å². The summed E-state index contributed by atoms with van der Waals surface area (Å²) >= 11 is 5.71. The van der Waals surface area contributed by atoms with Crippen LogP contribution in [0.1, 0.15) is 15.9 Å². The second kappa shape index (κ2) is 7.96. The Hall–Kier alpha value is -2.64. The number of hydrogen-bond donors (Lipinski definition) is 2. The van der Waals surface area contributed by atoms with Crippen molar-refractivity contribution in [3.8, 4) is 0 Å². The van der Waals surface area contributed by atoms with Gasteiger partial charge in [-0.2, -0.15) is 0 Å². The zero-order valence-corrected chi connectivity index (χ0v) is 14.8. The molecule has 0 aliphatic rings. The number of carbonyl (C=O) groups is 2. The van der Waals surface area contributed by atoms with Gasteiger partial charge >= 0.3 is 0 Å². The summed E-state index contributed by atoms with van der Waals surface area (Å²) in [5.74, 6) is -1.01. The van der Waals surface area contributed by atoms with Crippen LogP contribution in [0.5, 0.6) is 0 Å². The molecule has 8 heteroatoms. The molecule has 0 atom stereocenters. The maximum Gasteiger partial charge on any atom is 0.264 e. The van der Waals surface area contributed by atoms with Crippen LogP contribution in [0.3, 0.4) is 0 Å². The van der Waals surface area contributed by atoms with Crippen molar-refractivity contribution >= 4 is 39.5 Å². The summed E-state index contributed by atoms with van der Waals surface area (Å²) in [4.78, 5) is 23.2. The molecule has 2 N–H and O–H groups in total. The fourth-order valence-electron chi connectivity index (χ4n) is 1.90. The summed E-state index contributed by atoms with van der Waals surface area (Å²) in [7, 11) is -2.43. The zero-order valence-electron chi connectivity index (χ0n) is 13.2. The highest BCUT2D eigenvalue weighted by Crippen LogP contribution is 2.14. The van der Waals surface area contributed by atoms with E-state index >= 15 is 0 Å². The Morgan fingerprint density at radius 2 is 1.60 bits per heavy atom. The van der Waals surface area contributed by atoms with Crippen molar-refractivity contribution in [2.75, 3.05) is 7.05 Å². The lowest BCUT2D eigenvalue weighted by Crippen LogP contribution is -2.28. The lowest BCUT2D eigenvalue weighted by molar-refractivity contribution is -0.114. The van der Waals surface area contributed by atoms with Crippen molar-refractivity contribution in [2.45, 2.75) is 4.90 Å². The average Bonchev–Trinajstić information content (AvgIpc) is 2.59. The van der Waals surface area contributed by atoms with Gasteiger partial charge < -0.3 is 5.32 Å². The van der Waals surface area contributed by atoms with Crippen LogP contribution in [0, 0.1) is 0 Å². The lowest BCUT2D eigenvalue weighted by Gasteiger charge is -2.04. The first-order valence-corrected chi connectivity index (χ1v) is 9.00. The van der Waals surface area contributed by atoms with Gasteiger partial charge in [0.15, 0.2) is 0 Å². The van der Waals surface area contributed by atoms with Crippen molar-refractivity contribution < 1.29 is 18.0 Å². The molecule has 0 radical (unpaired) electrons. The monoisotopic (exact) mass is 378 g/mol. The summed E-state index contributed by atoms with van der Waals surface area (Å²) in [6, 6.07) is 11.9. The molecule has 0 aliphatic heterocycles. The number of nitrogens with one attached hydrogen (secondary N) is 2. The molecule has 0 aliphatic carbocycles. The van der Waals surface area contributed by atoms with E-state index in [1.165, 1.54) is 37.4 Å². The minimum atomic E-state index is -3.96. The topological polar surface area (TPSA) is 92.3 Å². The number of amides is 2. The number of halogens is 1. The number of carbonyl (C=O) groups excluding carboxylic acids is 2. The third-order valence-electron chi connectivity index (χ3n) is 3.19. The van der Waals surface area contributed by atoms with E-state index in [9.17, 15) is 18.0 Å². The molecule has 0 saturated carbocycles. The highest BCUT2D eigenvalue weighted by atomic mass is 35.5. The number of sulfonamides is 1. The largest absolute Gasteiger partial charge is 0.355 e. The summed E-state index contributed by atoms with van der Waals surface area (Å²) in [6.07, 6.45) is 2.54. The molecule has 130 valence electrons. The fraction of sp³-hybridized carbons (Fsp3) is 0.0588. The fourth-order valence-corrected chi connectivity index (χ4v) is 2.97. The molecule has 2 aromatic rings. The molecule has 0 heterocycles. The van der Waals surface area contributed by atoms with Gasteiger partial charge in [0.2, 0.25) is 0 Å². The van der Waals surface area contributed by atoms with Crippen molar-refractivity contribution in [1.29, 1.82) is 0 Å². The van der Waals surface area contributed by atoms with Gasteiger partial charge in [-0.3, -0.25) is 9.59 Å². The highest BCUT2D eigenvalue weighted by Gasteiger charge is 2.15. The second-order valence-corrected chi connectivity index (χ2v) is 7.08. The van der Waals surface area contributed by atoms with Crippen molar-refractivity contribution in [3.05, 3.63) is 70.8 Å². The van der Waals surface area contributed by atoms with E-state index in [1.807, 2.05) is 4.72 Å². The molecular weight excluding hydrogens is 364 g/mol. The summed E-state index contributed by atoms with van der Waals surface area (Å²) in [6.45, 7) is 0. The Morgan fingerprint density at radius 1 is 1.00 bits per heavy atom. The van der Waals surface area contributed by atoms with Crippen molar-refractivity contribution in [3.63, 3.8) is 0 Å². The third kappa shape index (κ3) is 5.17. The van der Waals surface area contributed by atoms with Gasteiger partial charge in [-0.15, -0.1) is 0 Å². The van der Waals surface area contributed by atoms with Crippen LogP contribution in [-0.2, 0) is 14.8 Å². The molecule has 25 heavy (non-hydrogen) atoms. The van der Waals surface area contributed by atoms with Gasteiger partial charge in [-0.25, -0.2) is 13.1 Å². The summed E-state index contributed by atoms with van der Waals surface area (Å²) < 4.78 is 26.1. The number of benzene rings is 2. The van der Waals surface area contributed by atoms with E-state index in [1.54, 1.807) is 24.3 Å². The first-order valence-electron chi connectivity index (χ1n) is 7.14. The smallest absolute Gasteiger partial charge is 0.264 e. The van der Waals surface area contributed by atoms with Gasteiger partial charge in [0, 0.05) is 23.7 Å². The van der Waals surface area contributed by atoms with Gasteiger partial charge in [0.1, 0.15) is 0 Å². The first-order chi connectivity index (χ1) is 11.8. The predicted molar refractivity (Wildman–Crippen MR) is 95.6 cm³/mol. The van der Waals surface area contributed by atoms with E-state index in [4.69, 9.17) is 11.6 Å². The van der Waals surface area contributed by atoms with Gasteiger partial charge in [-0.05, 0) is 48.0 Å². The number of rotatable bonds is 5. The maximum absolute atomic E-state index is 12.1. The number of hydrogen-bond acceptors (Lipinski definition) is 4. The second-order valence-electron chi connectivity index (χ2n) is 4.96. The quantitative estimate of drug-likeness (QED) is 0.780. The molecule has 0 unspecified atom stereocenters. The molecule has 2 aromatic carbocycles. The van der Waals surface area contributed by atoms with Crippen LogP contribution in [0.15, 0.2) is 59.5 Å². The predicted octanol–water partition coefficient (Wildman–Crippen LogP) is 2.22. The molecule has 0 aromatic heterocycles. The Balaban J connectivity index is 2.05. The van der Waals surface area contributed by atoms with Gasteiger partial charge in [-0.1, -0.05) is 23.7 Å². The highest BCUT2D eigenvalue weighted by molar-refractivity contribution is 7.90. The molecule has 2 amide bonds. The molecule has 2 rings (SSSR count). The van der Waals surface area contributed by atoms with E-state index in [2.05, 4.69) is 5.32 Å². The van der Waals surface area contributed by atoms with Crippen LogP contribution in [-0.4, -0.2) is 27.3 Å². The average molecular weight is 379 g/mol. The van der Waals surface area contributed by atoms with Crippen LogP contribution in [0.4, 0.5) is 0 Å². The Labute approximate surface area is 150 Å². The van der Waals surface area contributed by atoms with Gasteiger partial charge in [0.25, 0.3) is 21.8 Å². The minimum absolute atomic E-state index is 0.0615. The first kappa shape index (κ1) is 18.7. The molecule has 0 saturated heterocycles. The lowest BCUT2D eigenvalue weighted by atomic mass is 10.1. The molecular formula is C17H15ClN2O4S. The SMILES string of the molecule is CNC(=O)c1ccc(/C=C/C(=O)NS(=O)(=O)c2ccc(Cl)cc2)cc1. The van der Waals surface area contributed by atoms with E-state index in [0.717, 1.165) is 6.08 Å². The van der Waals surface area contributed by atoms with E-state index in [0.29, 0.717) is 16.1 Å². The summed E-state index contributed by atoms with van der Waals surface area (Å²) in [5.41, 5.74) is 1.13. The summed E-state index contributed by atoms with van der Waals surface area (Å²) in [5, 5.41) is 2.89. The Kier molecular flexibility index (Phi) is 5.95. The van der Waals surface area contributed by atoms with Crippen LogP contribution >= 0.6 is 11.6 Å². The van der Waals surface area contributed by atoms with Crippen molar-refractivity contribution in [2.24, 2.45) is 0 Å². The van der Waals surface area contributed by atoms with Gasteiger partial charge in [0.05, 0.1) is 4.90 Å². The molecule has 6 nitrogen and oxygen atoms in total. The van der Waals surface area contributed by atoms with Crippen molar-refractivity contribution in [1.82, 2.24) is 10.0 Å². The normalized spacial score (nSPS) is 11.3. The van der Waals surface area contributed by atoms with Crippen LogP contribution < -0.4 is 10.0 Å². The molecule has 0 bridgehead atoms. The Bertz CT molecular complexity index is 905. The zero-order chi connectivity index (χ0) is 18.4.